The Bertz CT molecular complexity index is 419. The molecule has 0 bridgehead atoms. The van der Waals surface area contributed by atoms with Gasteiger partial charge in [0.05, 0.1) is 11.8 Å². The predicted molar refractivity (Wildman–Crippen MR) is 79.2 cm³/mol. The zero-order chi connectivity index (χ0) is 15.2. The quantitative estimate of drug-likeness (QED) is 0.440. The van der Waals surface area contributed by atoms with E-state index in [1.807, 2.05) is 12.2 Å². The Morgan fingerprint density at radius 2 is 1.81 bits per heavy atom. The lowest BCUT2D eigenvalue weighted by Gasteiger charge is -2.14. The first-order valence-corrected chi connectivity index (χ1v) is 7.92. The number of imide groups is 1. The Kier molecular flexibility index (Phi) is 5.53. The lowest BCUT2D eigenvalue weighted by molar-refractivity contribution is -0.140. The standard InChI is InChI=1S/C16H24N2O3/c1-2-3-6-10-17-14(19)9-11-18-15(20)12-7-4-5-8-13(12)16(18)21/h4-5,12-13H,2-3,6-11H2,1H3,(H,17,19)/t12-,13+. The first-order valence-electron chi connectivity index (χ1n) is 7.92. The smallest absolute Gasteiger partial charge is 0.233 e. The van der Waals surface area contributed by atoms with Crippen molar-refractivity contribution in [2.24, 2.45) is 11.8 Å². The van der Waals surface area contributed by atoms with E-state index in [4.69, 9.17) is 0 Å². The minimum atomic E-state index is -0.199. The van der Waals surface area contributed by atoms with Crippen LogP contribution in [0.4, 0.5) is 0 Å². The minimum Gasteiger partial charge on any atom is -0.356 e. The summed E-state index contributed by atoms with van der Waals surface area (Å²) in [5.74, 6) is -0.689. The largest absolute Gasteiger partial charge is 0.356 e. The van der Waals surface area contributed by atoms with E-state index in [1.54, 1.807) is 0 Å². The first-order chi connectivity index (χ1) is 10.1. The van der Waals surface area contributed by atoms with E-state index in [2.05, 4.69) is 12.2 Å². The number of unbranched alkanes of at least 4 members (excludes halogenated alkanes) is 2. The highest BCUT2D eigenvalue weighted by atomic mass is 16.2. The fourth-order valence-electron chi connectivity index (χ4n) is 2.99. The maximum Gasteiger partial charge on any atom is 0.233 e. The Labute approximate surface area is 125 Å². The van der Waals surface area contributed by atoms with Crippen molar-refractivity contribution in [3.63, 3.8) is 0 Å². The molecule has 0 unspecified atom stereocenters. The molecule has 1 fully saturated rings. The molecule has 5 heteroatoms. The van der Waals surface area contributed by atoms with Crippen LogP contribution >= 0.6 is 0 Å². The number of hydrogen-bond acceptors (Lipinski definition) is 3. The molecule has 116 valence electrons. The molecule has 1 aliphatic carbocycles. The van der Waals surface area contributed by atoms with Gasteiger partial charge in [-0.05, 0) is 19.3 Å². The summed E-state index contributed by atoms with van der Waals surface area (Å²) in [4.78, 5) is 37.4. The number of nitrogens with one attached hydrogen (secondary N) is 1. The molecular weight excluding hydrogens is 268 g/mol. The Hall–Kier alpha value is -1.65. The van der Waals surface area contributed by atoms with Gasteiger partial charge in [-0.15, -0.1) is 0 Å². The summed E-state index contributed by atoms with van der Waals surface area (Å²) in [7, 11) is 0. The molecule has 1 heterocycles. The molecule has 0 radical (unpaired) electrons. The summed E-state index contributed by atoms with van der Waals surface area (Å²) >= 11 is 0. The van der Waals surface area contributed by atoms with Crippen LogP contribution in [0.3, 0.4) is 0 Å². The molecule has 2 aliphatic rings. The Morgan fingerprint density at radius 1 is 1.19 bits per heavy atom. The zero-order valence-electron chi connectivity index (χ0n) is 12.6. The molecule has 0 aromatic heterocycles. The molecule has 1 saturated heterocycles. The number of hydrogen-bond donors (Lipinski definition) is 1. The predicted octanol–water partition coefficient (Wildman–Crippen LogP) is 1.63. The maximum atomic E-state index is 12.2. The fourth-order valence-corrected chi connectivity index (χ4v) is 2.99. The van der Waals surface area contributed by atoms with Crippen molar-refractivity contribution in [2.75, 3.05) is 13.1 Å². The van der Waals surface area contributed by atoms with E-state index in [0.717, 1.165) is 19.3 Å². The minimum absolute atomic E-state index is 0.0836. The molecule has 1 N–H and O–H groups in total. The van der Waals surface area contributed by atoms with Crippen molar-refractivity contribution in [1.29, 1.82) is 0 Å². The second kappa shape index (κ2) is 7.38. The molecule has 0 aromatic rings. The van der Waals surface area contributed by atoms with E-state index in [0.29, 0.717) is 19.4 Å². The van der Waals surface area contributed by atoms with Crippen LogP contribution < -0.4 is 5.32 Å². The molecule has 21 heavy (non-hydrogen) atoms. The molecule has 0 spiro atoms. The molecule has 2 rings (SSSR count). The number of carbonyl (C=O) groups is 3. The summed E-state index contributed by atoms with van der Waals surface area (Å²) in [5, 5.41) is 2.83. The average molecular weight is 292 g/mol. The molecular formula is C16H24N2O3. The normalized spacial score (nSPS) is 24.3. The SMILES string of the molecule is CCCCCNC(=O)CCN1C(=O)[C@H]2CC=CC[C@H]2C1=O. The van der Waals surface area contributed by atoms with E-state index in [-0.39, 0.29) is 42.5 Å². The van der Waals surface area contributed by atoms with Crippen LogP contribution in [0.15, 0.2) is 12.2 Å². The van der Waals surface area contributed by atoms with Gasteiger partial charge >= 0.3 is 0 Å². The van der Waals surface area contributed by atoms with Gasteiger partial charge in [-0.3, -0.25) is 19.3 Å². The molecule has 2 atom stereocenters. The van der Waals surface area contributed by atoms with Gasteiger partial charge in [0.25, 0.3) is 0 Å². The van der Waals surface area contributed by atoms with Crippen molar-refractivity contribution in [3.8, 4) is 0 Å². The third kappa shape index (κ3) is 3.71. The van der Waals surface area contributed by atoms with Crippen molar-refractivity contribution in [3.05, 3.63) is 12.2 Å². The fraction of sp³-hybridized carbons (Fsp3) is 0.688. The number of carbonyl (C=O) groups excluding carboxylic acids is 3. The lowest BCUT2D eigenvalue weighted by Crippen LogP contribution is -2.35. The van der Waals surface area contributed by atoms with Crippen molar-refractivity contribution < 1.29 is 14.4 Å². The monoisotopic (exact) mass is 292 g/mol. The van der Waals surface area contributed by atoms with Crippen molar-refractivity contribution >= 4 is 17.7 Å². The first kappa shape index (κ1) is 15.7. The highest BCUT2D eigenvalue weighted by molar-refractivity contribution is 6.05. The summed E-state index contributed by atoms with van der Waals surface area (Å²) < 4.78 is 0. The van der Waals surface area contributed by atoms with Gasteiger partial charge in [-0.2, -0.15) is 0 Å². The number of allylic oxidation sites excluding steroid dienone is 2. The third-order valence-electron chi connectivity index (χ3n) is 4.26. The number of nitrogens with zero attached hydrogens (tertiary/aromatic N) is 1. The van der Waals surface area contributed by atoms with Gasteiger partial charge in [0.2, 0.25) is 17.7 Å². The second-order valence-corrected chi connectivity index (χ2v) is 5.79. The second-order valence-electron chi connectivity index (χ2n) is 5.79. The van der Waals surface area contributed by atoms with Crippen molar-refractivity contribution in [1.82, 2.24) is 10.2 Å². The van der Waals surface area contributed by atoms with Crippen LogP contribution in [0.5, 0.6) is 0 Å². The van der Waals surface area contributed by atoms with Crippen LogP contribution in [-0.4, -0.2) is 35.7 Å². The van der Waals surface area contributed by atoms with Crippen LogP contribution in [-0.2, 0) is 14.4 Å². The number of fused-ring (bicyclic) bond motifs is 1. The molecule has 5 nitrogen and oxygen atoms in total. The van der Waals surface area contributed by atoms with Gasteiger partial charge in [0.15, 0.2) is 0 Å². The van der Waals surface area contributed by atoms with E-state index >= 15 is 0 Å². The lowest BCUT2D eigenvalue weighted by atomic mass is 9.85. The van der Waals surface area contributed by atoms with Gasteiger partial charge in [0, 0.05) is 19.5 Å². The van der Waals surface area contributed by atoms with Crippen LogP contribution in [0, 0.1) is 11.8 Å². The Morgan fingerprint density at radius 3 is 2.38 bits per heavy atom. The third-order valence-corrected chi connectivity index (χ3v) is 4.26. The highest BCUT2D eigenvalue weighted by Gasteiger charge is 2.46. The number of amides is 3. The van der Waals surface area contributed by atoms with Gasteiger partial charge in [0.1, 0.15) is 0 Å². The summed E-state index contributed by atoms with van der Waals surface area (Å²) in [5.41, 5.74) is 0. The topological polar surface area (TPSA) is 66.5 Å². The summed E-state index contributed by atoms with van der Waals surface area (Å²) in [6, 6.07) is 0. The number of rotatable bonds is 7. The van der Waals surface area contributed by atoms with Gasteiger partial charge in [-0.25, -0.2) is 0 Å². The highest BCUT2D eigenvalue weighted by Crippen LogP contribution is 2.34. The van der Waals surface area contributed by atoms with Crippen LogP contribution in [0.1, 0.15) is 45.4 Å². The van der Waals surface area contributed by atoms with E-state index in [1.165, 1.54) is 4.90 Å². The zero-order valence-corrected chi connectivity index (χ0v) is 12.6. The van der Waals surface area contributed by atoms with Crippen LogP contribution in [0.2, 0.25) is 0 Å². The Balaban J connectivity index is 1.77. The molecule has 0 aromatic carbocycles. The summed E-state index contributed by atoms with van der Waals surface area (Å²) in [6.07, 6.45) is 8.62. The molecule has 3 amide bonds. The molecule has 0 saturated carbocycles. The van der Waals surface area contributed by atoms with Gasteiger partial charge in [-0.1, -0.05) is 31.9 Å². The average Bonchev–Trinajstić information content (AvgIpc) is 2.74. The van der Waals surface area contributed by atoms with E-state index in [9.17, 15) is 14.4 Å². The molecule has 1 aliphatic heterocycles. The number of likely N-dealkylation sites (tertiary alicyclic amines) is 1. The maximum absolute atomic E-state index is 12.2. The summed E-state index contributed by atoms with van der Waals surface area (Å²) in [6.45, 7) is 2.99. The van der Waals surface area contributed by atoms with E-state index < -0.39 is 0 Å². The van der Waals surface area contributed by atoms with Crippen LogP contribution in [0.25, 0.3) is 0 Å². The van der Waals surface area contributed by atoms with Gasteiger partial charge < -0.3 is 5.32 Å². The van der Waals surface area contributed by atoms with Crippen molar-refractivity contribution in [2.45, 2.75) is 45.4 Å².